The third kappa shape index (κ3) is 3.34. The molecule has 3 rings (SSSR count). The van der Waals surface area contributed by atoms with Crippen LogP contribution in [-0.2, 0) is 21.5 Å². The third-order valence-electron chi connectivity index (χ3n) is 5.18. The molecule has 0 aromatic heterocycles. The van der Waals surface area contributed by atoms with Gasteiger partial charge < -0.3 is 10.5 Å². The van der Waals surface area contributed by atoms with Crippen LogP contribution in [0.5, 0.6) is 0 Å². The van der Waals surface area contributed by atoms with Crippen LogP contribution in [0.4, 0.5) is 17.6 Å². The number of ether oxygens (including phenoxy) is 1. The van der Waals surface area contributed by atoms with Crippen molar-refractivity contribution in [1.29, 1.82) is 0 Å². The zero-order valence-electron chi connectivity index (χ0n) is 14.3. The van der Waals surface area contributed by atoms with Gasteiger partial charge in [0.1, 0.15) is 23.7 Å². The first-order valence-corrected chi connectivity index (χ1v) is 8.38. The van der Waals surface area contributed by atoms with E-state index in [1.165, 1.54) is 12.1 Å². The van der Waals surface area contributed by atoms with Crippen molar-refractivity contribution >= 4 is 11.6 Å². The number of ketones is 1. The summed E-state index contributed by atoms with van der Waals surface area (Å²) in [6.07, 6.45) is -4.93. The molecule has 1 fully saturated rings. The van der Waals surface area contributed by atoms with Crippen LogP contribution in [0.3, 0.4) is 0 Å². The minimum atomic E-state index is -4.55. The van der Waals surface area contributed by atoms with Crippen LogP contribution in [0.1, 0.15) is 37.3 Å². The third-order valence-corrected chi connectivity index (χ3v) is 5.18. The van der Waals surface area contributed by atoms with Gasteiger partial charge >= 0.3 is 6.18 Å². The van der Waals surface area contributed by atoms with Crippen molar-refractivity contribution in [3.8, 4) is 0 Å². The van der Waals surface area contributed by atoms with E-state index >= 15 is 0 Å². The van der Waals surface area contributed by atoms with Crippen LogP contribution in [0.15, 0.2) is 23.2 Å². The van der Waals surface area contributed by atoms with Gasteiger partial charge in [0.25, 0.3) is 0 Å². The Morgan fingerprint density at radius 2 is 2.00 bits per heavy atom. The van der Waals surface area contributed by atoms with Crippen molar-refractivity contribution in [2.75, 3.05) is 13.2 Å². The Labute approximate surface area is 148 Å². The number of Topliss-reactive ketones (excluding diaryl/α,β-unsaturated/α-hetero) is 1. The molecule has 1 aliphatic heterocycles. The van der Waals surface area contributed by atoms with Crippen molar-refractivity contribution in [2.45, 2.75) is 44.3 Å². The lowest BCUT2D eigenvalue weighted by Gasteiger charge is -2.26. The molecule has 2 N–H and O–H groups in total. The normalized spacial score (nSPS) is 25.3. The number of aliphatic imine (C=N–C) groups is 1. The molecule has 26 heavy (non-hydrogen) atoms. The quantitative estimate of drug-likeness (QED) is 0.825. The zero-order chi connectivity index (χ0) is 19.2. The maximum absolute atomic E-state index is 14.4. The molecule has 1 aliphatic carbocycles. The molecule has 0 bridgehead atoms. The van der Waals surface area contributed by atoms with Gasteiger partial charge in [0, 0.05) is 18.6 Å². The molecule has 1 heterocycles. The van der Waals surface area contributed by atoms with Gasteiger partial charge in [-0.25, -0.2) is 4.39 Å². The molecular formula is C18H20F4N2O2. The zero-order valence-corrected chi connectivity index (χ0v) is 14.3. The van der Waals surface area contributed by atoms with Crippen molar-refractivity contribution in [3.05, 3.63) is 35.1 Å². The molecule has 142 valence electrons. The molecule has 0 unspecified atom stereocenters. The van der Waals surface area contributed by atoms with Crippen molar-refractivity contribution in [1.82, 2.24) is 0 Å². The summed E-state index contributed by atoms with van der Waals surface area (Å²) < 4.78 is 59.0. The second-order valence-electron chi connectivity index (χ2n) is 7.17. The second kappa shape index (κ2) is 6.33. The number of rotatable bonds is 4. The highest BCUT2D eigenvalue weighted by molar-refractivity contribution is 5.90. The molecule has 1 atom stereocenters. The lowest BCUT2D eigenvalue weighted by atomic mass is 9.86. The van der Waals surface area contributed by atoms with Crippen LogP contribution in [0.2, 0.25) is 0 Å². The van der Waals surface area contributed by atoms with Gasteiger partial charge in [0.15, 0.2) is 5.78 Å². The standard InChI is InChI=1S/C18H20F4N2O2/c1-16(6-7-26-10-15(23)24-16)12-8-11(2-3-13(12)19)9-14(25)17(4-5-17)18(20,21)22/h2-3,8H,4-7,9-10H2,1H3,(H2,23,24)/t16-/m0/s1. The summed E-state index contributed by atoms with van der Waals surface area (Å²) in [5.74, 6) is -1.20. The molecule has 0 radical (unpaired) electrons. The number of carbonyl (C=O) groups excluding carboxylic acids is 1. The van der Waals surface area contributed by atoms with Gasteiger partial charge in [0.2, 0.25) is 0 Å². The van der Waals surface area contributed by atoms with Crippen molar-refractivity contribution < 1.29 is 27.1 Å². The largest absolute Gasteiger partial charge is 0.401 e. The maximum atomic E-state index is 14.4. The number of nitrogens with zero attached hydrogens (tertiary/aromatic N) is 1. The predicted octanol–water partition coefficient (Wildman–Crippen LogP) is 3.27. The topological polar surface area (TPSA) is 64.7 Å². The molecular weight excluding hydrogens is 352 g/mol. The van der Waals surface area contributed by atoms with E-state index in [0.717, 1.165) is 6.07 Å². The number of hydrogen-bond donors (Lipinski definition) is 1. The Kier molecular flexibility index (Phi) is 4.58. The first-order valence-electron chi connectivity index (χ1n) is 8.38. The van der Waals surface area contributed by atoms with Gasteiger partial charge in [-0.15, -0.1) is 0 Å². The molecule has 1 aromatic rings. The monoisotopic (exact) mass is 372 g/mol. The number of halogens is 4. The van der Waals surface area contributed by atoms with Gasteiger partial charge in [0.05, 0.1) is 5.54 Å². The molecule has 4 nitrogen and oxygen atoms in total. The molecule has 8 heteroatoms. The summed E-state index contributed by atoms with van der Waals surface area (Å²) in [4.78, 5) is 16.5. The van der Waals surface area contributed by atoms with E-state index < -0.39 is 35.2 Å². The first kappa shape index (κ1) is 18.8. The molecule has 1 aromatic carbocycles. The minimum absolute atomic E-state index is 0.142. The highest BCUT2D eigenvalue weighted by Crippen LogP contribution is 2.58. The minimum Gasteiger partial charge on any atom is -0.386 e. The SMILES string of the molecule is C[C@@]1(c2cc(CC(=O)C3(C(F)(F)F)CC3)ccc2F)CCOCC(N)=N1. The van der Waals surface area contributed by atoms with Gasteiger partial charge in [-0.1, -0.05) is 12.1 Å². The number of benzene rings is 1. The van der Waals surface area contributed by atoms with Gasteiger partial charge in [-0.05, 0) is 37.8 Å². The van der Waals surface area contributed by atoms with E-state index in [0.29, 0.717) is 18.6 Å². The Morgan fingerprint density at radius 1 is 1.31 bits per heavy atom. The number of nitrogens with two attached hydrogens (primary N) is 1. The van der Waals surface area contributed by atoms with Crippen LogP contribution < -0.4 is 5.73 Å². The summed E-state index contributed by atoms with van der Waals surface area (Å²) in [6, 6.07) is 3.92. The van der Waals surface area contributed by atoms with Crippen LogP contribution in [0.25, 0.3) is 0 Å². The Bertz CT molecular complexity index is 756. The summed E-state index contributed by atoms with van der Waals surface area (Å²) >= 11 is 0. The van der Waals surface area contributed by atoms with Gasteiger partial charge in [-0.3, -0.25) is 9.79 Å². The molecule has 0 amide bonds. The second-order valence-corrected chi connectivity index (χ2v) is 7.17. The van der Waals surface area contributed by atoms with Gasteiger partial charge in [-0.2, -0.15) is 13.2 Å². The Hall–Kier alpha value is -1.96. The number of alkyl halides is 3. The van der Waals surface area contributed by atoms with Crippen molar-refractivity contribution in [2.24, 2.45) is 16.1 Å². The van der Waals surface area contributed by atoms with E-state index in [2.05, 4.69) is 4.99 Å². The lowest BCUT2D eigenvalue weighted by Crippen LogP contribution is -2.34. The first-order chi connectivity index (χ1) is 12.1. The van der Waals surface area contributed by atoms with Crippen LogP contribution in [0, 0.1) is 11.2 Å². The average Bonchev–Trinajstić information content (AvgIpc) is 3.35. The lowest BCUT2D eigenvalue weighted by molar-refractivity contribution is -0.190. The maximum Gasteiger partial charge on any atom is 0.401 e. The van der Waals surface area contributed by atoms with E-state index in [4.69, 9.17) is 10.5 Å². The van der Waals surface area contributed by atoms with Crippen LogP contribution in [-0.4, -0.2) is 31.0 Å². The number of carbonyl (C=O) groups is 1. The van der Waals surface area contributed by atoms with E-state index in [9.17, 15) is 22.4 Å². The van der Waals surface area contributed by atoms with E-state index in [1.807, 2.05) is 0 Å². The fourth-order valence-electron chi connectivity index (χ4n) is 3.34. The Balaban J connectivity index is 1.89. The van der Waals surface area contributed by atoms with E-state index in [1.54, 1.807) is 6.92 Å². The molecule has 1 saturated carbocycles. The number of amidine groups is 1. The Morgan fingerprint density at radius 3 is 2.62 bits per heavy atom. The molecule has 0 spiro atoms. The molecule has 0 saturated heterocycles. The van der Waals surface area contributed by atoms with Crippen molar-refractivity contribution in [3.63, 3.8) is 0 Å². The summed E-state index contributed by atoms with van der Waals surface area (Å²) in [5, 5.41) is 0. The fourth-order valence-corrected chi connectivity index (χ4v) is 3.34. The number of hydrogen-bond acceptors (Lipinski definition) is 4. The highest BCUT2D eigenvalue weighted by atomic mass is 19.4. The van der Waals surface area contributed by atoms with Crippen LogP contribution >= 0.6 is 0 Å². The fraction of sp³-hybridized carbons (Fsp3) is 0.556. The molecule has 2 aliphatic rings. The summed E-state index contributed by atoms with van der Waals surface area (Å²) in [7, 11) is 0. The summed E-state index contributed by atoms with van der Waals surface area (Å²) in [6.45, 7) is 2.15. The van der Waals surface area contributed by atoms with E-state index in [-0.39, 0.29) is 30.8 Å². The average molecular weight is 372 g/mol. The smallest absolute Gasteiger partial charge is 0.386 e. The summed E-state index contributed by atoms with van der Waals surface area (Å²) in [5.41, 5.74) is 3.06. The highest BCUT2D eigenvalue weighted by Gasteiger charge is 2.67. The predicted molar refractivity (Wildman–Crippen MR) is 87.2 cm³/mol.